The lowest BCUT2D eigenvalue weighted by Crippen LogP contribution is -2.47. The summed E-state index contributed by atoms with van der Waals surface area (Å²) in [6, 6.07) is 13.4. The second kappa shape index (κ2) is 10.2. The van der Waals surface area contributed by atoms with Crippen molar-refractivity contribution in [3.05, 3.63) is 59.7 Å². The van der Waals surface area contributed by atoms with Crippen LogP contribution >= 0.6 is 0 Å². The monoisotopic (exact) mass is 416 g/mol. The van der Waals surface area contributed by atoms with Gasteiger partial charge in [0.25, 0.3) is 0 Å². The van der Waals surface area contributed by atoms with Crippen molar-refractivity contribution in [2.24, 2.45) is 5.92 Å². The number of hydrogen-bond donors (Lipinski definition) is 2. The van der Waals surface area contributed by atoms with Gasteiger partial charge in [-0.1, -0.05) is 43.2 Å². The van der Waals surface area contributed by atoms with Crippen LogP contribution in [0.3, 0.4) is 0 Å². The summed E-state index contributed by atoms with van der Waals surface area (Å²) in [4.78, 5) is 24.5. The van der Waals surface area contributed by atoms with Gasteiger partial charge in [0, 0.05) is 24.6 Å². The second-order valence-electron chi connectivity index (χ2n) is 7.58. The number of anilines is 1. The van der Waals surface area contributed by atoms with E-state index in [0.717, 1.165) is 31.2 Å². The molecule has 0 bridgehead atoms. The fourth-order valence-corrected chi connectivity index (χ4v) is 3.95. The zero-order valence-electron chi connectivity index (χ0n) is 16.9. The summed E-state index contributed by atoms with van der Waals surface area (Å²) in [6.07, 6.45) is 4.23. The minimum atomic E-state index is -2.94. The number of carbonyl (C=O) groups is 2. The van der Waals surface area contributed by atoms with E-state index >= 15 is 0 Å². The van der Waals surface area contributed by atoms with Gasteiger partial charge in [0.15, 0.2) is 0 Å². The van der Waals surface area contributed by atoms with E-state index in [-0.39, 0.29) is 23.5 Å². The number of rotatable bonds is 8. The molecule has 0 aromatic heterocycles. The number of hydrogen-bond acceptors (Lipinski definition) is 3. The third-order valence-electron chi connectivity index (χ3n) is 5.29. The van der Waals surface area contributed by atoms with Crippen molar-refractivity contribution in [3.63, 3.8) is 0 Å². The summed E-state index contributed by atoms with van der Waals surface area (Å²) in [5, 5.41) is 5.59. The molecule has 0 saturated heterocycles. The van der Waals surface area contributed by atoms with Gasteiger partial charge in [-0.15, -0.1) is 0 Å². The molecule has 160 valence electrons. The third kappa shape index (κ3) is 6.02. The van der Waals surface area contributed by atoms with E-state index < -0.39 is 12.7 Å². The summed E-state index contributed by atoms with van der Waals surface area (Å²) in [5.74, 6) is -0.391. The highest BCUT2D eigenvalue weighted by molar-refractivity contribution is 5.97. The molecule has 2 N–H and O–H groups in total. The average molecular weight is 416 g/mol. The SMILES string of the molecule is CC(=O)NC(C(=O)Nc1ccc(OC(F)F)c(Cc2ccccc2)c1)C1CCCC1. The van der Waals surface area contributed by atoms with E-state index in [4.69, 9.17) is 0 Å². The van der Waals surface area contributed by atoms with Gasteiger partial charge < -0.3 is 15.4 Å². The molecule has 0 radical (unpaired) electrons. The fraction of sp³-hybridized carbons (Fsp3) is 0.391. The molecule has 3 rings (SSSR count). The second-order valence-corrected chi connectivity index (χ2v) is 7.58. The van der Waals surface area contributed by atoms with Crippen molar-refractivity contribution < 1.29 is 23.1 Å². The van der Waals surface area contributed by atoms with Gasteiger partial charge in [-0.25, -0.2) is 0 Å². The molecule has 2 aromatic rings. The maximum Gasteiger partial charge on any atom is 0.387 e. The molecule has 0 heterocycles. The predicted octanol–water partition coefficient (Wildman–Crippen LogP) is 4.51. The molecular formula is C23H26F2N2O3. The zero-order valence-corrected chi connectivity index (χ0v) is 16.9. The number of nitrogens with one attached hydrogen (secondary N) is 2. The van der Waals surface area contributed by atoms with Gasteiger partial charge in [-0.05, 0) is 42.5 Å². The highest BCUT2D eigenvalue weighted by Gasteiger charge is 2.31. The first-order valence-electron chi connectivity index (χ1n) is 10.1. The van der Waals surface area contributed by atoms with Crippen molar-refractivity contribution in [2.75, 3.05) is 5.32 Å². The van der Waals surface area contributed by atoms with Crippen molar-refractivity contribution >= 4 is 17.5 Å². The number of carbonyl (C=O) groups excluding carboxylic acids is 2. The molecule has 2 amide bonds. The van der Waals surface area contributed by atoms with Crippen LogP contribution in [0, 0.1) is 5.92 Å². The minimum Gasteiger partial charge on any atom is -0.435 e. The van der Waals surface area contributed by atoms with E-state index in [1.165, 1.54) is 19.1 Å². The Hall–Kier alpha value is -2.96. The molecule has 0 aliphatic heterocycles. The molecule has 0 spiro atoms. The van der Waals surface area contributed by atoms with E-state index in [1.54, 1.807) is 6.07 Å². The molecule has 1 unspecified atom stereocenters. The lowest BCUT2D eigenvalue weighted by atomic mass is 9.97. The standard InChI is InChI=1S/C23H26F2N2O3/c1-15(28)26-21(17-9-5-6-10-17)22(29)27-19-11-12-20(30-23(24)25)18(14-19)13-16-7-3-2-4-8-16/h2-4,7-8,11-12,14,17,21,23H,5-6,9-10,13H2,1H3,(H,26,28)(H,27,29). The Labute approximate surface area is 174 Å². The highest BCUT2D eigenvalue weighted by atomic mass is 19.3. The lowest BCUT2D eigenvalue weighted by molar-refractivity contribution is -0.126. The molecule has 30 heavy (non-hydrogen) atoms. The Morgan fingerprint density at radius 2 is 1.80 bits per heavy atom. The molecule has 1 atom stereocenters. The predicted molar refractivity (Wildman–Crippen MR) is 111 cm³/mol. The summed E-state index contributed by atoms with van der Waals surface area (Å²) in [5.41, 5.74) is 1.94. The van der Waals surface area contributed by atoms with Gasteiger partial charge in [0.1, 0.15) is 11.8 Å². The Morgan fingerprint density at radius 3 is 2.43 bits per heavy atom. The Balaban J connectivity index is 1.81. The smallest absolute Gasteiger partial charge is 0.387 e. The molecule has 1 aliphatic carbocycles. The molecule has 1 saturated carbocycles. The highest BCUT2D eigenvalue weighted by Crippen LogP contribution is 2.30. The van der Waals surface area contributed by atoms with Gasteiger partial charge in [-0.2, -0.15) is 8.78 Å². The van der Waals surface area contributed by atoms with Crippen LogP contribution in [-0.4, -0.2) is 24.5 Å². The Bertz CT molecular complexity index is 868. The van der Waals surface area contributed by atoms with Crippen LogP contribution in [-0.2, 0) is 16.0 Å². The topological polar surface area (TPSA) is 67.4 Å². The molecule has 5 nitrogen and oxygen atoms in total. The van der Waals surface area contributed by atoms with Gasteiger partial charge in [0.05, 0.1) is 0 Å². The summed E-state index contributed by atoms with van der Waals surface area (Å²) < 4.78 is 30.3. The van der Waals surface area contributed by atoms with E-state index in [1.807, 2.05) is 30.3 Å². The van der Waals surface area contributed by atoms with E-state index in [2.05, 4.69) is 15.4 Å². The van der Waals surface area contributed by atoms with Gasteiger partial charge in [0.2, 0.25) is 11.8 Å². The van der Waals surface area contributed by atoms with E-state index in [0.29, 0.717) is 17.7 Å². The third-order valence-corrected chi connectivity index (χ3v) is 5.29. The van der Waals surface area contributed by atoms with Crippen LogP contribution in [0.1, 0.15) is 43.7 Å². The van der Waals surface area contributed by atoms with Crippen molar-refractivity contribution in [1.29, 1.82) is 0 Å². The first kappa shape index (κ1) is 21.7. The minimum absolute atomic E-state index is 0.0704. The van der Waals surface area contributed by atoms with Crippen LogP contribution in [0.4, 0.5) is 14.5 Å². The summed E-state index contributed by atoms with van der Waals surface area (Å²) in [7, 11) is 0. The largest absolute Gasteiger partial charge is 0.435 e. The number of alkyl halides is 2. The van der Waals surface area contributed by atoms with Crippen molar-refractivity contribution in [1.82, 2.24) is 5.32 Å². The summed E-state index contributed by atoms with van der Waals surface area (Å²) >= 11 is 0. The number of halogens is 2. The number of ether oxygens (including phenoxy) is 1. The van der Waals surface area contributed by atoms with Gasteiger partial charge >= 0.3 is 6.61 Å². The van der Waals surface area contributed by atoms with Crippen molar-refractivity contribution in [2.45, 2.75) is 51.7 Å². The van der Waals surface area contributed by atoms with Crippen LogP contribution in [0.15, 0.2) is 48.5 Å². The van der Waals surface area contributed by atoms with Crippen LogP contribution in [0.5, 0.6) is 5.75 Å². The normalized spacial score (nSPS) is 15.1. The van der Waals surface area contributed by atoms with Crippen molar-refractivity contribution in [3.8, 4) is 5.75 Å². The Morgan fingerprint density at radius 1 is 1.10 bits per heavy atom. The molecule has 1 fully saturated rings. The van der Waals surface area contributed by atoms with Gasteiger partial charge in [-0.3, -0.25) is 9.59 Å². The Kier molecular flexibility index (Phi) is 7.38. The van der Waals surface area contributed by atoms with Crippen LogP contribution in [0.2, 0.25) is 0 Å². The summed E-state index contributed by atoms with van der Waals surface area (Å²) in [6.45, 7) is -1.55. The van der Waals surface area contributed by atoms with E-state index in [9.17, 15) is 18.4 Å². The van der Waals surface area contributed by atoms with Crippen LogP contribution < -0.4 is 15.4 Å². The zero-order chi connectivity index (χ0) is 21.5. The molecule has 7 heteroatoms. The van der Waals surface area contributed by atoms with Crippen LogP contribution in [0.25, 0.3) is 0 Å². The molecule has 1 aliphatic rings. The number of benzene rings is 2. The molecule has 2 aromatic carbocycles. The maximum atomic E-state index is 12.9. The lowest BCUT2D eigenvalue weighted by Gasteiger charge is -2.23. The fourth-order valence-electron chi connectivity index (χ4n) is 3.95. The number of amides is 2. The first-order chi connectivity index (χ1) is 14.4. The quantitative estimate of drug-likeness (QED) is 0.665. The average Bonchev–Trinajstić information content (AvgIpc) is 3.23. The first-order valence-corrected chi connectivity index (χ1v) is 10.1. The maximum absolute atomic E-state index is 12.9. The molecular weight excluding hydrogens is 390 g/mol.